The zero-order valence-corrected chi connectivity index (χ0v) is 14.1. The van der Waals surface area contributed by atoms with Crippen LogP contribution in [-0.4, -0.2) is 66.9 Å². The lowest BCUT2D eigenvalue weighted by Gasteiger charge is -2.20. The molecule has 1 aliphatic rings. The molecule has 22 heavy (non-hydrogen) atoms. The molecule has 1 aromatic rings. The molecule has 0 fully saturated rings. The van der Waals surface area contributed by atoms with Gasteiger partial charge in [-0.05, 0) is 7.05 Å². The molecule has 0 aromatic carbocycles. The quantitative estimate of drug-likeness (QED) is 0.773. The van der Waals surface area contributed by atoms with Gasteiger partial charge >= 0.3 is 0 Å². The molecule has 122 valence electrons. The molecule has 0 bridgehead atoms. The van der Waals surface area contributed by atoms with Gasteiger partial charge in [-0.3, -0.25) is 9.59 Å². The molecule has 8 heteroatoms. The lowest BCUT2D eigenvalue weighted by Crippen LogP contribution is -2.43. The number of hydrogen-bond acceptors (Lipinski definition) is 6. The van der Waals surface area contributed by atoms with Gasteiger partial charge in [0.2, 0.25) is 5.91 Å². The number of fused-ring (bicyclic) bond motifs is 1. The predicted octanol–water partition coefficient (Wildman–Crippen LogP) is -0.334. The highest BCUT2D eigenvalue weighted by Gasteiger charge is 2.23. The maximum Gasteiger partial charge on any atom is 0.280 e. The van der Waals surface area contributed by atoms with Gasteiger partial charge in [-0.2, -0.15) is 0 Å². The Morgan fingerprint density at radius 1 is 1.50 bits per heavy atom. The van der Waals surface area contributed by atoms with Crippen LogP contribution >= 0.6 is 11.3 Å². The van der Waals surface area contributed by atoms with Crippen LogP contribution in [0.25, 0.3) is 0 Å². The molecule has 1 atom stereocenters. The van der Waals surface area contributed by atoms with Gasteiger partial charge in [-0.15, -0.1) is 11.3 Å². The highest BCUT2D eigenvalue weighted by Crippen LogP contribution is 2.24. The summed E-state index contributed by atoms with van der Waals surface area (Å²) in [5.74, 6) is -0.306. The second kappa shape index (κ2) is 7.17. The standard InChI is InChI=1S/C14H23N5O2S/c1-18(2)12(20)6-9(7-15)16-13(21)14-17-10-4-5-19(3)8-11(10)22-14/h9H,4-8,15H2,1-3H3,(H,16,21). The first-order valence-electron chi connectivity index (χ1n) is 7.29. The number of likely N-dealkylation sites (N-methyl/N-ethyl adjacent to an activating group) is 1. The number of amides is 2. The fourth-order valence-electron chi connectivity index (χ4n) is 2.25. The Kier molecular flexibility index (Phi) is 5.49. The van der Waals surface area contributed by atoms with Crippen molar-refractivity contribution in [2.75, 3.05) is 34.2 Å². The van der Waals surface area contributed by atoms with Crippen LogP contribution in [-0.2, 0) is 17.8 Å². The number of carbonyl (C=O) groups excluding carboxylic acids is 2. The SMILES string of the molecule is CN1CCc2nc(C(=O)NC(CN)CC(=O)N(C)C)sc2C1. The smallest absolute Gasteiger partial charge is 0.280 e. The lowest BCUT2D eigenvalue weighted by molar-refractivity contribution is -0.129. The molecular weight excluding hydrogens is 302 g/mol. The van der Waals surface area contributed by atoms with Crippen LogP contribution in [0.4, 0.5) is 0 Å². The molecule has 1 unspecified atom stereocenters. The van der Waals surface area contributed by atoms with E-state index in [4.69, 9.17) is 5.73 Å². The van der Waals surface area contributed by atoms with Gasteiger partial charge in [0, 0.05) is 51.4 Å². The van der Waals surface area contributed by atoms with Gasteiger partial charge in [0.15, 0.2) is 5.01 Å². The Labute approximate surface area is 134 Å². The van der Waals surface area contributed by atoms with Crippen LogP contribution in [0.15, 0.2) is 0 Å². The van der Waals surface area contributed by atoms with Gasteiger partial charge in [-0.25, -0.2) is 4.98 Å². The maximum absolute atomic E-state index is 12.3. The highest BCUT2D eigenvalue weighted by molar-refractivity contribution is 7.13. The molecule has 2 amide bonds. The van der Waals surface area contributed by atoms with Crippen molar-refractivity contribution in [3.63, 3.8) is 0 Å². The number of nitrogens with one attached hydrogen (secondary N) is 1. The minimum absolute atomic E-state index is 0.0594. The number of nitrogens with zero attached hydrogens (tertiary/aromatic N) is 3. The van der Waals surface area contributed by atoms with Gasteiger partial charge in [0.05, 0.1) is 11.7 Å². The van der Waals surface area contributed by atoms with E-state index in [1.807, 2.05) is 0 Å². The van der Waals surface area contributed by atoms with E-state index in [9.17, 15) is 9.59 Å². The van der Waals surface area contributed by atoms with E-state index in [1.165, 1.54) is 16.2 Å². The minimum Gasteiger partial charge on any atom is -0.349 e. The summed E-state index contributed by atoms with van der Waals surface area (Å²) >= 11 is 1.42. The summed E-state index contributed by atoms with van der Waals surface area (Å²) in [6.07, 6.45) is 1.07. The summed E-state index contributed by atoms with van der Waals surface area (Å²) in [6.45, 7) is 2.01. The third-order valence-electron chi connectivity index (χ3n) is 3.66. The lowest BCUT2D eigenvalue weighted by atomic mass is 10.2. The fourth-order valence-corrected chi connectivity index (χ4v) is 3.35. The maximum atomic E-state index is 12.3. The molecule has 3 N–H and O–H groups in total. The molecule has 0 saturated heterocycles. The first-order valence-corrected chi connectivity index (χ1v) is 8.10. The number of thiazole rings is 1. The van der Waals surface area contributed by atoms with Crippen LogP contribution in [0.2, 0.25) is 0 Å². The molecule has 0 saturated carbocycles. The van der Waals surface area contributed by atoms with Crippen molar-refractivity contribution in [1.82, 2.24) is 20.1 Å². The van der Waals surface area contributed by atoms with Crippen molar-refractivity contribution in [1.29, 1.82) is 0 Å². The molecule has 1 aromatic heterocycles. The van der Waals surface area contributed by atoms with E-state index in [0.29, 0.717) is 5.01 Å². The zero-order valence-electron chi connectivity index (χ0n) is 13.3. The molecule has 0 aliphatic carbocycles. The summed E-state index contributed by atoms with van der Waals surface area (Å²) in [4.78, 5) is 33.3. The van der Waals surface area contributed by atoms with Crippen molar-refractivity contribution in [3.8, 4) is 0 Å². The Morgan fingerprint density at radius 3 is 2.86 bits per heavy atom. The molecule has 0 radical (unpaired) electrons. The Morgan fingerprint density at radius 2 is 2.23 bits per heavy atom. The number of carbonyl (C=O) groups is 2. The summed E-state index contributed by atoms with van der Waals surface area (Å²) in [5.41, 5.74) is 6.67. The number of rotatable bonds is 5. The van der Waals surface area contributed by atoms with E-state index in [2.05, 4.69) is 22.2 Å². The van der Waals surface area contributed by atoms with Crippen molar-refractivity contribution in [2.24, 2.45) is 5.73 Å². The second-order valence-corrected chi connectivity index (χ2v) is 6.86. The van der Waals surface area contributed by atoms with Crippen LogP contribution in [0.5, 0.6) is 0 Å². The van der Waals surface area contributed by atoms with Crippen molar-refractivity contribution in [3.05, 3.63) is 15.6 Å². The van der Waals surface area contributed by atoms with E-state index in [0.717, 1.165) is 30.1 Å². The number of hydrogen-bond donors (Lipinski definition) is 2. The fraction of sp³-hybridized carbons (Fsp3) is 0.643. The zero-order chi connectivity index (χ0) is 16.3. The third-order valence-corrected chi connectivity index (χ3v) is 4.74. The van der Waals surface area contributed by atoms with Crippen LogP contribution in [0.3, 0.4) is 0 Å². The minimum atomic E-state index is -0.369. The van der Waals surface area contributed by atoms with Gasteiger partial charge in [0.1, 0.15) is 0 Å². The van der Waals surface area contributed by atoms with Gasteiger partial charge < -0.3 is 20.9 Å². The van der Waals surface area contributed by atoms with E-state index in [1.54, 1.807) is 14.1 Å². The molecule has 7 nitrogen and oxygen atoms in total. The van der Waals surface area contributed by atoms with Crippen molar-refractivity contribution in [2.45, 2.75) is 25.4 Å². The summed E-state index contributed by atoms with van der Waals surface area (Å²) in [5, 5.41) is 3.27. The highest BCUT2D eigenvalue weighted by atomic mass is 32.1. The topological polar surface area (TPSA) is 91.6 Å². The Hall–Kier alpha value is -1.51. The monoisotopic (exact) mass is 325 g/mol. The Bertz CT molecular complexity index is 557. The van der Waals surface area contributed by atoms with E-state index < -0.39 is 0 Å². The van der Waals surface area contributed by atoms with Gasteiger partial charge in [-0.1, -0.05) is 0 Å². The van der Waals surface area contributed by atoms with Crippen LogP contribution < -0.4 is 11.1 Å². The molecular formula is C14H23N5O2S. The summed E-state index contributed by atoms with van der Waals surface area (Å²) < 4.78 is 0. The normalized spacial score (nSPS) is 16.0. The largest absolute Gasteiger partial charge is 0.349 e. The first kappa shape index (κ1) is 16.9. The number of nitrogens with two attached hydrogens (primary N) is 1. The Balaban J connectivity index is 2.00. The summed E-state index contributed by atoms with van der Waals surface area (Å²) in [7, 11) is 5.42. The first-order chi connectivity index (χ1) is 10.4. The van der Waals surface area contributed by atoms with E-state index in [-0.39, 0.29) is 30.8 Å². The van der Waals surface area contributed by atoms with E-state index >= 15 is 0 Å². The van der Waals surface area contributed by atoms with Crippen molar-refractivity contribution < 1.29 is 9.59 Å². The molecule has 2 heterocycles. The second-order valence-electron chi connectivity index (χ2n) is 5.78. The molecule has 0 spiro atoms. The van der Waals surface area contributed by atoms with Crippen LogP contribution in [0, 0.1) is 0 Å². The third kappa shape index (κ3) is 4.02. The van der Waals surface area contributed by atoms with Gasteiger partial charge in [0.25, 0.3) is 5.91 Å². The average molecular weight is 325 g/mol. The van der Waals surface area contributed by atoms with Crippen molar-refractivity contribution >= 4 is 23.2 Å². The molecule has 2 rings (SSSR count). The summed E-state index contributed by atoms with van der Waals surface area (Å²) in [6, 6.07) is -0.369. The average Bonchev–Trinajstić information content (AvgIpc) is 2.89. The van der Waals surface area contributed by atoms with Crippen LogP contribution in [0.1, 0.15) is 26.8 Å². The molecule has 1 aliphatic heterocycles. The predicted molar refractivity (Wildman–Crippen MR) is 85.8 cm³/mol. The number of aromatic nitrogens is 1.